The van der Waals surface area contributed by atoms with Gasteiger partial charge in [-0.2, -0.15) is 0 Å². The first-order valence-electron chi connectivity index (χ1n) is 8.24. The molecule has 1 atom stereocenters. The van der Waals surface area contributed by atoms with Crippen LogP contribution in [0.15, 0.2) is 18.2 Å². The van der Waals surface area contributed by atoms with E-state index in [1.807, 2.05) is 6.07 Å². The zero-order chi connectivity index (χ0) is 15.7. The van der Waals surface area contributed by atoms with Crippen LogP contribution in [-0.2, 0) is 0 Å². The monoisotopic (exact) mass is 311 g/mol. The normalized spacial score (nSPS) is 12.7. The molecule has 0 saturated heterocycles. The predicted molar refractivity (Wildman–Crippen MR) is 92.3 cm³/mol. The smallest absolute Gasteiger partial charge is 0.137 e. The maximum Gasteiger partial charge on any atom is 0.137 e. The molecule has 120 valence electrons. The van der Waals surface area contributed by atoms with Gasteiger partial charge in [0, 0.05) is 6.04 Å². The Morgan fingerprint density at radius 2 is 1.76 bits per heavy atom. The lowest BCUT2D eigenvalue weighted by molar-refractivity contribution is 0.315. The van der Waals surface area contributed by atoms with Gasteiger partial charge in [-0.15, -0.1) is 0 Å². The molecule has 2 nitrogen and oxygen atoms in total. The van der Waals surface area contributed by atoms with Crippen LogP contribution in [0.4, 0.5) is 0 Å². The van der Waals surface area contributed by atoms with Gasteiger partial charge in [-0.3, -0.25) is 0 Å². The Morgan fingerprint density at radius 3 is 2.29 bits per heavy atom. The zero-order valence-electron chi connectivity index (χ0n) is 13.9. The highest BCUT2D eigenvalue weighted by Gasteiger charge is 2.22. The van der Waals surface area contributed by atoms with E-state index >= 15 is 0 Å². The number of ether oxygens (including phenoxy) is 1. The molecule has 0 aliphatic carbocycles. The summed E-state index contributed by atoms with van der Waals surface area (Å²) in [6, 6.07) is 6.56. The summed E-state index contributed by atoms with van der Waals surface area (Å²) in [4.78, 5) is 0. The first-order chi connectivity index (χ1) is 10.2. The topological polar surface area (TPSA) is 21.3 Å². The Morgan fingerprint density at radius 1 is 1.10 bits per heavy atom. The molecule has 1 aromatic carbocycles. The number of benzene rings is 1. The van der Waals surface area contributed by atoms with Gasteiger partial charge in [0.05, 0.1) is 12.1 Å². The average Bonchev–Trinajstić information content (AvgIpc) is 2.49. The van der Waals surface area contributed by atoms with Crippen LogP contribution >= 0.6 is 11.6 Å². The van der Waals surface area contributed by atoms with Crippen molar-refractivity contribution < 1.29 is 4.74 Å². The Labute approximate surface area is 135 Å². The summed E-state index contributed by atoms with van der Waals surface area (Å²) in [6.45, 7) is 7.78. The molecule has 1 N–H and O–H groups in total. The molecule has 0 saturated carbocycles. The Balaban J connectivity index is 3.03. The van der Waals surface area contributed by atoms with Crippen molar-refractivity contribution in [3.8, 4) is 5.75 Å². The second-order valence-electron chi connectivity index (χ2n) is 5.66. The third-order valence-corrected chi connectivity index (χ3v) is 4.25. The summed E-state index contributed by atoms with van der Waals surface area (Å²) >= 11 is 6.16. The van der Waals surface area contributed by atoms with Crippen LogP contribution in [0, 0.1) is 5.92 Å². The summed E-state index contributed by atoms with van der Waals surface area (Å²) in [6.07, 6.45) is 6.09. The molecule has 0 amide bonds. The van der Waals surface area contributed by atoms with Crippen LogP contribution < -0.4 is 10.1 Å². The van der Waals surface area contributed by atoms with Crippen LogP contribution in [-0.4, -0.2) is 13.7 Å². The van der Waals surface area contributed by atoms with Crippen molar-refractivity contribution in [2.75, 3.05) is 13.7 Å². The first-order valence-corrected chi connectivity index (χ1v) is 8.62. The molecule has 0 heterocycles. The van der Waals surface area contributed by atoms with Crippen molar-refractivity contribution in [3.05, 3.63) is 28.8 Å². The highest BCUT2D eigenvalue weighted by Crippen LogP contribution is 2.34. The van der Waals surface area contributed by atoms with Gasteiger partial charge in [-0.1, -0.05) is 51.3 Å². The SMILES string of the molecule is CCCNC(c1ccc(Cl)c(OC)c1)C(CCC)CCC. The van der Waals surface area contributed by atoms with E-state index in [9.17, 15) is 0 Å². The molecule has 0 aromatic heterocycles. The fourth-order valence-electron chi connectivity index (χ4n) is 2.95. The summed E-state index contributed by atoms with van der Waals surface area (Å²) in [5.41, 5.74) is 1.29. The van der Waals surface area contributed by atoms with Crippen LogP contribution in [0.2, 0.25) is 5.02 Å². The van der Waals surface area contributed by atoms with Crippen molar-refractivity contribution in [2.45, 2.75) is 58.9 Å². The number of nitrogens with one attached hydrogen (secondary N) is 1. The van der Waals surface area contributed by atoms with Gasteiger partial charge in [0.2, 0.25) is 0 Å². The molecule has 0 fully saturated rings. The van der Waals surface area contributed by atoms with Crippen molar-refractivity contribution in [1.29, 1.82) is 0 Å². The van der Waals surface area contributed by atoms with Crippen molar-refractivity contribution in [1.82, 2.24) is 5.32 Å². The minimum absolute atomic E-state index is 0.385. The fourth-order valence-corrected chi connectivity index (χ4v) is 3.14. The van der Waals surface area contributed by atoms with Gasteiger partial charge in [0.1, 0.15) is 5.75 Å². The lowest BCUT2D eigenvalue weighted by atomic mass is 9.86. The number of hydrogen-bond donors (Lipinski definition) is 1. The van der Waals surface area contributed by atoms with Crippen LogP contribution in [0.3, 0.4) is 0 Å². The lowest BCUT2D eigenvalue weighted by Gasteiger charge is -2.29. The van der Waals surface area contributed by atoms with Gasteiger partial charge < -0.3 is 10.1 Å². The second-order valence-corrected chi connectivity index (χ2v) is 6.07. The van der Waals surface area contributed by atoms with Gasteiger partial charge >= 0.3 is 0 Å². The summed E-state index contributed by atoms with van der Waals surface area (Å²) < 4.78 is 5.38. The summed E-state index contributed by atoms with van der Waals surface area (Å²) in [5, 5.41) is 4.41. The molecular formula is C18H30ClNO. The molecule has 1 aromatic rings. The van der Waals surface area contributed by atoms with E-state index in [-0.39, 0.29) is 0 Å². The largest absolute Gasteiger partial charge is 0.495 e. The molecule has 0 radical (unpaired) electrons. The van der Waals surface area contributed by atoms with E-state index in [4.69, 9.17) is 16.3 Å². The van der Waals surface area contributed by atoms with E-state index in [0.29, 0.717) is 17.0 Å². The molecule has 0 spiro atoms. The second kappa shape index (κ2) is 10.1. The van der Waals surface area contributed by atoms with E-state index in [0.717, 1.165) is 18.7 Å². The number of hydrogen-bond acceptors (Lipinski definition) is 2. The van der Waals surface area contributed by atoms with Crippen LogP contribution in [0.25, 0.3) is 0 Å². The number of rotatable bonds is 10. The zero-order valence-corrected chi connectivity index (χ0v) is 14.7. The molecule has 0 aliphatic heterocycles. The van der Waals surface area contributed by atoms with Gasteiger partial charge in [0.15, 0.2) is 0 Å². The quantitative estimate of drug-likeness (QED) is 0.606. The standard InChI is InChI=1S/C18H30ClNO/c1-5-8-14(9-6-2)18(20-12-7-3)15-10-11-16(19)17(13-15)21-4/h10-11,13-14,18,20H,5-9,12H2,1-4H3. The first kappa shape index (κ1) is 18.3. The van der Waals surface area contributed by atoms with Crippen LogP contribution in [0.1, 0.15) is 64.5 Å². The minimum Gasteiger partial charge on any atom is -0.495 e. The van der Waals surface area contributed by atoms with E-state index in [1.165, 1.54) is 31.2 Å². The maximum absolute atomic E-state index is 6.16. The molecular weight excluding hydrogens is 282 g/mol. The minimum atomic E-state index is 0.385. The van der Waals surface area contributed by atoms with E-state index in [1.54, 1.807) is 7.11 Å². The highest BCUT2D eigenvalue weighted by molar-refractivity contribution is 6.32. The van der Waals surface area contributed by atoms with Crippen molar-refractivity contribution >= 4 is 11.6 Å². The molecule has 0 bridgehead atoms. The van der Waals surface area contributed by atoms with Crippen molar-refractivity contribution in [2.24, 2.45) is 5.92 Å². The third kappa shape index (κ3) is 5.52. The molecule has 0 aliphatic rings. The Hall–Kier alpha value is -0.730. The van der Waals surface area contributed by atoms with Gasteiger partial charge in [0.25, 0.3) is 0 Å². The molecule has 1 rings (SSSR count). The number of methoxy groups -OCH3 is 1. The third-order valence-electron chi connectivity index (χ3n) is 3.94. The summed E-state index contributed by atoms with van der Waals surface area (Å²) in [7, 11) is 1.68. The summed E-state index contributed by atoms with van der Waals surface area (Å²) in [5.74, 6) is 1.43. The maximum atomic E-state index is 6.16. The van der Waals surface area contributed by atoms with Gasteiger partial charge in [-0.05, 0) is 49.4 Å². The van der Waals surface area contributed by atoms with Gasteiger partial charge in [-0.25, -0.2) is 0 Å². The molecule has 1 unspecified atom stereocenters. The van der Waals surface area contributed by atoms with Crippen molar-refractivity contribution in [3.63, 3.8) is 0 Å². The molecule has 3 heteroatoms. The Kier molecular flexibility index (Phi) is 8.79. The van der Waals surface area contributed by atoms with E-state index < -0.39 is 0 Å². The Bertz CT molecular complexity index is 402. The highest BCUT2D eigenvalue weighted by atomic mass is 35.5. The predicted octanol–water partition coefficient (Wildman–Crippen LogP) is 5.61. The van der Waals surface area contributed by atoms with E-state index in [2.05, 4.69) is 38.2 Å². The molecule has 21 heavy (non-hydrogen) atoms. The fraction of sp³-hybridized carbons (Fsp3) is 0.667. The average molecular weight is 312 g/mol. The van der Waals surface area contributed by atoms with Crippen LogP contribution in [0.5, 0.6) is 5.75 Å². The lowest BCUT2D eigenvalue weighted by Crippen LogP contribution is -2.29. The number of halogens is 1.